The molecular weight excluding hydrogens is 467 g/mol. The summed E-state index contributed by atoms with van der Waals surface area (Å²) in [5.74, 6) is -0.262. The summed E-state index contributed by atoms with van der Waals surface area (Å²) < 4.78 is 49.3. The minimum atomic E-state index is -4.47. The second kappa shape index (κ2) is 13.1. The van der Waals surface area contributed by atoms with Gasteiger partial charge in [0.25, 0.3) is 0 Å². The average molecular weight is 504 g/mol. The number of hydrogen-bond acceptors (Lipinski definition) is 5. The van der Waals surface area contributed by atoms with E-state index in [4.69, 9.17) is 9.47 Å². The Bertz CT molecular complexity index is 816. The van der Waals surface area contributed by atoms with Gasteiger partial charge in [-0.3, -0.25) is 4.79 Å². The first-order valence-corrected chi connectivity index (χ1v) is 11.7. The van der Waals surface area contributed by atoms with Crippen LogP contribution in [0.1, 0.15) is 32.3 Å². The SMILES string of the molecule is CO[C@H](CN(C)C(=O)C1CCOCC1)[C@H](C)CN(C(=O)Nc1ccc(C(F)(F)F)cc1)[C@@H](C)CO. The van der Waals surface area contributed by atoms with Crippen LogP contribution in [-0.4, -0.2) is 86.1 Å². The zero-order valence-electron chi connectivity index (χ0n) is 20.7. The van der Waals surface area contributed by atoms with Crippen LogP contribution in [0, 0.1) is 11.8 Å². The van der Waals surface area contributed by atoms with Gasteiger partial charge in [0.15, 0.2) is 0 Å². The van der Waals surface area contributed by atoms with Crippen molar-refractivity contribution in [1.82, 2.24) is 9.80 Å². The molecule has 35 heavy (non-hydrogen) atoms. The molecule has 0 aromatic heterocycles. The van der Waals surface area contributed by atoms with Gasteiger partial charge in [-0.1, -0.05) is 6.92 Å². The Labute approximate surface area is 204 Å². The van der Waals surface area contributed by atoms with Crippen molar-refractivity contribution in [2.45, 2.75) is 45.0 Å². The third kappa shape index (κ3) is 8.36. The lowest BCUT2D eigenvalue weighted by molar-refractivity contribution is -0.139. The number of nitrogens with zero attached hydrogens (tertiary/aromatic N) is 2. The lowest BCUT2D eigenvalue weighted by atomic mass is 9.97. The van der Waals surface area contributed by atoms with Gasteiger partial charge in [0.1, 0.15) is 0 Å². The van der Waals surface area contributed by atoms with Crippen LogP contribution < -0.4 is 5.32 Å². The Hall–Kier alpha value is -2.37. The monoisotopic (exact) mass is 503 g/mol. The van der Waals surface area contributed by atoms with E-state index in [-0.39, 0.29) is 42.7 Å². The van der Waals surface area contributed by atoms with Gasteiger partial charge in [0.05, 0.1) is 24.3 Å². The summed E-state index contributed by atoms with van der Waals surface area (Å²) in [7, 11) is 3.26. The fourth-order valence-corrected chi connectivity index (χ4v) is 4.03. The maximum absolute atomic E-state index is 12.9. The summed E-state index contributed by atoms with van der Waals surface area (Å²) in [6.07, 6.45) is -3.48. The maximum Gasteiger partial charge on any atom is 0.416 e. The molecular formula is C24H36F3N3O5. The molecule has 0 saturated carbocycles. The van der Waals surface area contributed by atoms with Crippen molar-refractivity contribution in [3.63, 3.8) is 0 Å². The highest BCUT2D eigenvalue weighted by molar-refractivity contribution is 5.89. The van der Waals surface area contributed by atoms with Crippen LogP contribution in [0.25, 0.3) is 0 Å². The second-order valence-corrected chi connectivity index (χ2v) is 9.05. The van der Waals surface area contributed by atoms with Gasteiger partial charge >= 0.3 is 12.2 Å². The number of benzene rings is 1. The van der Waals surface area contributed by atoms with Gasteiger partial charge in [-0.2, -0.15) is 13.2 Å². The van der Waals surface area contributed by atoms with Crippen LogP contribution in [-0.2, 0) is 20.4 Å². The Kier molecular flexibility index (Phi) is 10.8. The number of methoxy groups -OCH3 is 1. The number of amides is 3. The molecule has 8 nitrogen and oxygen atoms in total. The van der Waals surface area contributed by atoms with Gasteiger partial charge in [-0.05, 0) is 44.0 Å². The number of aliphatic hydroxyl groups is 1. The summed E-state index contributed by atoms with van der Waals surface area (Å²) in [6, 6.07) is 3.04. The molecule has 3 amide bonds. The van der Waals surface area contributed by atoms with Crippen molar-refractivity contribution in [2.24, 2.45) is 11.8 Å². The minimum Gasteiger partial charge on any atom is -0.394 e. The molecule has 0 radical (unpaired) electrons. The number of alkyl halides is 3. The summed E-state index contributed by atoms with van der Waals surface area (Å²) in [5.41, 5.74) is -0.608. The fourth-order valence-electron chi connectivity index (χ4n) is 4.03. The van der Waals surface area contributed by atoms with E-state index in [0.29, 0.717) is 32.6 Å². The Balaban J connectivity index is 2.03. The molecule has 0 aliphatic carbocycles. The molecule has 198 valence electrons. The number of likely N-dealkylation sites (N-methyl/N-ethyl adjacent to an activating group) is 1. The molecule has 0 bridgehead atoms. The summed E-state index contributed by atoms with van der Waals surface area (Å²) in [4.78, 5) is 28.8. The lowest BCUT2D eigenvalue weighted by Crippen LogP contribution is -2.49. The lowest BCUT2D eigenvalue weighted by Gasteiger charge is -2.35. The number of carbonyl (C=O) groups excluding carboxylic acids is 2. The quantitative estimate of drug-likeness (QED) is 0.510. The van der Waals surface area contributed by atoms with Gasteiger partial charge < -0.3 is 29.7 Å². The number of ether oxygens (including phenoxy) is 2. The summed E-state index contributed by atoms with van der Waals surface area (Å²) >= 11 is 0. The topological polar surface area (TPSA) is 91.3 Å². The Morgan fingerprint density at radius 3 is 2.29 bits per heavy atom. The first-order valence-electron chi connectivity index (χ1n) is 11.7. The molecule has 1 aromatic carbocycles. The highest BCUT2D eigenvalue weighted by Gasteiger charge is 2.31. The molecule has 2 rings (SSSR count). The van der Waals surface area contributed by atoms with E-state index in [9.17, 15) is 27.9 Å². The largest absolute Gasteiger partial charge is 0.416 e. The van der Waals surface area contributed by atoms with Crippen LogP contribution in [0.3, 0.4) is 0 Å². The number of aliphatic hydroxyl groups excluding tert-OH is 1. The molecule has 1 aromatic rings. The first-order chi connectivity index (χ1) is 16.5. The average Bonchev–Trinajstić information content (AvgIpc) is 2.84. The number of anilines is 1. The zero-order valence-corrected chi connectivity index (χ0v) is 20.7. The molecule has 1 aliphatic heterocycles. The predicted molar refractivity (Wildman–Crippen MR) is 125 cm³/mol. The number of halogens is 3. The molecule has 1 aliphatic rings. The molecule has 1 saturated heterocycles. The number of nitrogens with one attached hydrogen (secondary N) is 1. The Morgan fingerprint density at radius 2 is 1.77 bits per heavy atom. The van der Waals surface area contributed by atoms with Crippen LogP contribution in [0.5, 0.6) is 0 Å². The van der Waals surface area contributed by atoms with Crippen molar-refractivity contribution in [1.29, 1.82) is 0 Å². The van der Waals surface area contributed by atoms with E-state index in [1.165, 1.54) is 24.1 Å². The standard InChI is InChI=1S/C24H36F3N3O5/c1-16(21(34-4)14-29(3)22(32)18-9-11-35-12-10-18)13-30(17(2)15-31)23(33)28-20-7-5-19(6-8-20)24(25,26)27/h5-8,16-18,21,31H,9-15H2,1-4H3,(H,28,33)/t16-,17+,21-/m1/s1. The highest BCUT2D eigenvalue weighted by atomic mass is 19.4. The van der Waals surface area contributed by atoms with Crippen molar-refractivity contribution in [3.05, 3.63) is 29.8 Å². The normalized spacial score (nSPS) is 17.4. The molecule has 0 unspecified atom stereocenters. The van der Waals surface area contributed by atoms with Crippen molar-refractivity contribution >= 4 is 17.6 Å². The van der Waals surface area contributed by atoms with E-state index < -0.39 is 23.8 Å². The molecule has 3 atom stereocenters. The molecule has 1 fully saturated rings. The number of hydrogen-bond donors (Lipinski definition) is 2. The van der Waals surface area contributed by atoms with Crippen LogP contribution >= 0.6 is 0 Å². The van der Waals surface area contributed by atoms with E-state index in [1.807, 2.05) is 6.92 Å². The third-order valence-corrected chi connectivity index (χ3v) is 6.34. The van der Waals surface area contributed by atoms with Gasteiger partial charge in [-0.15, -0.1) is 0 Å². The van der Waals surface area contributed by atoms with Crippen molar-refractivity contribution < 1.29 is 37.3 Å². The Morgan fingerprint density at radius 1 is 1.17 bits per heavy atom. The zero-order chi connectivity index (χ0) is 26.2. The number of carbonyl (C=O) groups is 2. The van der Waals surface area contributed by atoms with Crippen molar-refractivity contribution in [3.8, 4) is 0 Å². The highest BCUT2D eigenvalue weighted by Crippen LogP contribution is 2.30. The van der Waals surface area contributed by atoms with Crippen molar-refractivity contribution in [2.75, 3.05) is 52.4 Å². The second-order valence-electron chi connectivity index (χ2n) is 9.05. The predicted octanol–water partition coefficient (Wildman–Crippen LogP) is 3.46. The minimum absolute atomic E-state index is 0.0307. The van der Waals surface area contributed by atoms with E-state index in [1.54, 1.807) is 18.9 Å². The smallest absolute Gasteiger partial charge is 0.394 e. The molecule has 1 heterocycles. The van der Waals surface area contributed by atoms with E-state index in [0.717, 1.165) is 12.1 Å². The van der Waals surface area contributed by atoms with Gasteiger partial charge in [-0.25, -0.2) is 4.79 Å². The van der Waals surface area contributed by atoms with Crippen LogP contribution in [0.15, 0.2) is 24.3 Å². The summed E-state index contributed by atoms with van der Waals surface area (Å²) in [6.45, 7) is 4.91. The van der Waals surface area contributed by atoms with Gasteiger partial charge in [0.2, 0.25) is 5.91 Å². The van der Waals surface area contributed by atoms with Crippen LogP contribution in [0.2, 0.25) is 0 Å². The molecule has 11 heteroatoms. The maximum atomic E-state index is 12.9. The first kappa shape index (κ1) is 28.9. The number of urea groups is 1. The number of rotatable bonds is 10. The molecule has 0 spiro atoms. The molecule has 2 N–H and O–H groups in total. The fraction of sp³-hybridized carbons (Fsp3) is 0.667. The van der Waals surface area contributed by atoms with E-state index >= 15 is 0 Å². The summed E-state index contributed by atoms with van der Waals surface area (Å²) in [5, 5.41) is 12.3. The third-order valence-electron chi connectivity index (χ3n) is 6.34. The van der Waals surface area contributed by atoms with Gasteiger partial charge in [0, 0.05) is 58.0 Å². The van der Waals surface area contributed by atoms with Crippen LogP contribution in [0.4, 0.5) is 23.7 Å². The van der Waals surface area contributed by atoms with E-state index in [2.05, 4.69) is 5.32 Å².